The molecule has 1 aromatic heterocycles. The van der Waals surface area contributed by atoms with Crippen molar-refractivity contribution in [1.29, 1.82) is 0 Å². The fraction of sp³-hybridized carbons (Fsp3) is 0.286. The number of hydrogen-bond donors (Lipinski definition) is 1. The standard InChI is InChI=1S/C14H16FN3O/c1-2-18-10-9-17-13(14(18)19)16-8-7-11-5-3-4-6-12(11)15/h3-6,9-10H,2,7-8H2,1H3,(H,16,17). The van der Waals surface area contributed by atoms with Crippen LogP contribution >= 0.6 is 0 Å². The Kier molecular flexibility index (Phi) is 4.28. The van der Waals surface area contributed by atoms with Crippen molar-refractivity contribution in [2.24, 2.45) is 0 Å². The molecule has 0 fully saturated rings. The summed E-state index contributed by atoms with van der Waals surface area (Å²) in [5, 5.41) is 2.95. The molecule has 0 aliphatic carbocycles. The Bertz CT molecular complexity index is 610. The second-order valence-electron chi connectivity index (χ2n) is 4.14. The van der Waals surface area contributed by atoms with E-state index in [9.17, 15) is 9.18 Å². The van der Waals surface area contributed by atoms with Gasteiger partial charge in [0.1, 0.15) is 5.82 Å². The number of nitrogens with zero attached hydrogens (tertiary/aromatic N) is 2. The first-order chi connectivity index (χ1) is 9.22. The minimum Gasteiger partial charge on any atom is -0.365 e. The third-order valence-corrected chi connectivity index (χ3v) is 2.90. The van der Waals surface area contributed by atoms with E-state index in [1.807, 2.05) is 6.92 Å². The van der Waals surface area contributed by atoms with E-state index >= 15 is 0 Å². The molecule has 100 valence electrons. The Balaban J connectivity index is 2.00. The van der Waals surface area contributed by atoms with Gasteiger partial charge in [0.25, 0.3) is 5.56 Å². The summed E-state index contributed by atoms with van der Waals surface area (Å²) in [5.41, 5.74) is 0.472. The Morgan fingerprint density at radius 1 is 1.37 bits per heavy atom. The van der Waals surface area contributed by atoms with Crippen molar-refractivity contribution < 1.29 is 4.39 Å². The molecule has 0 unspecified atom stereocenters. The fourth-order valence-corrected chi connectivity index (χ4v) is 1.83. The summed E-state index contributed by atoms with van der Waals surface area (Å²) in [6.45, 7) is 2.96. The predicted molar refractivity (Wildman–Crippen MR) is 72.8 cm³/mol. The first kappa shape index (κ1) is 13.3. The van der Waals surface area contributed by atoms with E-state index < -0.39 is 0 Å². The van der Waals surface area contributed by atoms with E-state index in [0.717, 1.165) is 0 Å². The Hall–Kier alpha value is -2.17. The van der Waals surface area contributed by atoms with Gasteiger partial charge in [0.15, 0.2) is 5.82 Å². The molecule has 1 aromatic carbocycles. The van der Waals surface area contributed by atoms with Gasteiger partial charge < -0.3 is 9.88 Å². The molecule has 0 saturated carbocycles. The summed E-state index contributed by atoms with van der Waals surface area (Å²) in [5.74, 6) is 0.0805. The van der Waals surface area contributed by atoms with Crippen LogP contribution in [0.3, 0.4) is 0 Å². The lowest BCUT2D eigenvalue weighted by Gasteiger charge is -2.07. The van der Waals surface area contributed by atoms with Crippen LogP contribution in [0.5, 0.6) is 0 Å². The van der Waals surface area contributed by atoms with Gasteiger partial charge in [0.05, 0.1) is 0 Å². The lowest BCUT2D eigenvalue weighted by atomic mass is 10.1. The molecule has 2 rings (SSSR count). The summed E-state index contributed by atoms with van der Waals surface area (Å²) < 4.78 is 15.0. The summed E-state index contributed by atoms with van der Waals surface area (Å²) in [6.07, 6.45) is 3.73. The molecule has 0 radical (unpaired) electrons. The highest BCUT2D eigenvalue weighted by atomic mass is 19.1. The van der Waals surface area contributed by atoms with Crippen LogP contribution in [0.1, 0.15) is 12.5 Å². The molecule has 0 bridgehead atoms. The molecule has 0 aliphatic heterocycles. The van der Waals surface area contributed by atoms with Gasteiger partial charge in [0.2, 0.25) is 0 Å². The topological polar surface area (TPSA) is 46.9 Å². The van der Waals surface area contributed by atoms with Crippen molar-refractivity contribution >= 4 is 5.82 Å². The van der Waals surface area contributed by atoms with Crippen LogP contribution in [-0.2, 0) is 13.0 Å². The number of aromatic nitrogens is 2. The van der Waals surface area contributed by atoms with Crippen molar-refractivity contribution in [2.45, 2.75) is 19.9 Å². The smallest absolute Gasteiger partial charge is 0.293 e. The summed E-state index contributed by atoms with van der Waals surface area (Å²) >= 11 is 0. The van der Waals surface area contributed by atoms with E-state index in [1.54, 1.807) is 35.2 Å². The minimum absolute atomic E-state index is 0.154. The molecule has 4 nitrogen and oxygen atoms in total. The van der Waals surface area contributed by atoms with Crippen molar-refractivity contribution in [3.05, 3.63) is 58.4 Å². The molecule has 5 heteroatoms. The van der Waals surface area contributed by atoms with E-state index in [-0.39, 0.29) is 11.4 Å². The lowest BCUT2D eigenvalue weighted by molar-refractivity contribution is 0.610. The SMILES string of the molecule is CCn1ccnc(NCCc2ccccc2F)c1=O. The van der Waals surface area contributed by atoms with Crippen molar-refractivity contribution in [3.8, 4) is 0 Å². The van der Waals surface area contributed by atoms with Gasteiger partial charge in [0, 0.05) is 25.5 Å². The zero-order valence-corrected chi connectivity index (χ0v) is 10.8. The maximum atomic E-state index is 13.4. The van der Waals surface area contributed by atoms with E-state index in [4.69, 9.17) is 0 Å². The van der Waals surface area contributed by atoms with Crippen molar-refractivity contribution in [2.75, 3.05) is 11.9 Å². The molecule has 1 heterocycles. The third kappa shape index (κ3) is 3.19. The van der Waals surface area contributed by atoms with Crippen LogP contribution in [0.25, 0.3) is 0 Å². The zero-order valence-electron chi connectivity index (χ0n) is 10.8. The second-order valence-corrected chi connectivity index (χ2v) is 4.14. The highest BCUT2D eigenvalue weighted by Crippen LogP contribution is 2.07. The number of rotatable bonds is 5. The van der Waals surface area contributed by atoms with Crippen LogP contribution in [-0.4, -0.2) is 16.1 Å². The number of halogens is 1. The van der Waals surface area contributed by atoms with Crippen molar-refractivity contribution in [3.63, 3.8) is 0 Å². The quantitative estimate of drug-likeness (QED) is 0.896. The normalized spacial score (nSPS) is 10.4. The number of aryl methyl sites for hydroxylation is 1. The number of nitrogens with one attached hydrogen (secondary N) is 1. The first-order valence-electron chi connectivity index (χ1n) is 6.25. The molecular weight excluding hydrogens is 245 g/mol. The average Bonchev–Trinajstić information content (AvgIpc) is 2.43. The average molecular weight is 261 g/mol. The van der Waals surface area contributed by atoms with Crippen LogP contribution < -0.4 is 10.9 Å². The minimum atomic E-state index is -0.226. The molecule has 0 amide bonds. The Morgan fingerprint density at radius 3 is 2.89 bits per heavy atom. The van der Waals surface area contributed by atoms with Gasteiger partial charge in [-0.05, 0) is 25.0 Å². The van der Waals surface area contributed by atoms with Gasteiger partial charge in [-0.25, -0.2) is 9.37 Å². The van der Waals surface area contributed by atoms with Gasteiger partial charge >= 0.3 is 0 Å². The Morgan fingerprint density at radius 2 is 2.16 bits per heavy atom. The van der Waals surface area contributed by atoms with Crippen molar-refractivity contribution in [1.82, 2.24) is 9.55 Å². The van der Waals surface area contributed by atoms with Gasteiger partial charge in [-0.1, -0.05) is 18.2 Å². The number of anilines is 1. The highest BCUT2D eigenvalue weighted by molar-refractivity contribution is 5.31. The number of benzene rings is 1. The highest BCUT2D eigenvalue weighted by Gasteiger charge is 2.04. The maximum absolute atomic E-state index is 13.4. The summed E-state index contributed by atoms with van der Waals surface area (Å²) in [6, 6.07) is 6.62. The second kappa shape index (κ2) is 6.13. The summed E-state index contributed by atoms with van der Waals surface area (Å²) in [4.78, 5) is 15.9. The summed E-state index contributed by atoms with van der Waals surface area (Å²) in [7, 11) is 0. The van der Waals surface area contributed by atoms with E-state index in [0.29, 0.717) is 30.9 Å². The Labute approximate surface area is 110 Å². The number of hydrogen-bond acceptors (Lipinski definition) is 3. The lowest BCUT2D eigenvalue weighted by Crippen LogP contribution is -2.24. The first-order valence-corrected chi connectivity index (χ1v) is 6.25. The fourth-order valence-electron chi connectivity index (χ4n) is 1.83. The molecule has 2 aromatic rings. The van der Waals surface area contributed by atoms with Crippen LogP contribution in [0.2, 0.25) is 0 Å². The molecule has 1 N–H and O–H groups in total. The monoisotopic (exact) mass is 261 g/mol. The van der Waals surface area contributed by atoms with Gasteiger partial charge in [-0.3, -0.25) is 4.79 Å². The zero-order chi connectivity index (χ0) is 13.7. The molecule has 0 atom stereocenters. The predicted octanol–water partition coefficient (Wildman–Crippen LogP) is 2.06. The molecular formula is C14H16FN3O. The van der Waals surface area contributed by atoms with Gasteiger partial charge in [-0.2, -0.15) is 0 Å². The van der Waals surface area contributed by atoms with Crippen LogP contribution in [0.15, 0.2) is 41.5 Å². The van der Waals surface area contributed by atoms with E-state index in [1.165, 1.54) is 6.07 Å². The largest absolute Gasteiger partial charge is 0.365 e. The maximum Gasteiger partial charge on any atom is 0.293 e. The van der Waals surface area contributed by atoms with Gasteiger partial charge in [-0.15, -0.1) is 0 Å². The van der Waals surface area contributed by atoms with Crippen LogP contribution in [0, 0.1) is 5.82 Å². The molecule has 19 heavy (non-hydrogen) atoms. The molecule has 0 spiro atoms. The molecule has 0 saturated heterocycles. The van der Waals surface area contributed by atoms with Crippen LogP contribution in [0.4, 0.5) is 10.2 Å². The molecule has 0 aliphatic rings. The third-order valence-electron chi connectivity index (χ3n) is 2.90. The van der Waals surface area contributed by atoms with E-state index in [2.05, 4.69) is 10.3 Å².